The van der Waals surface area contributed by atoms with Gasteiger partial charge in [-0.15, -0.1) is 0 Å². The fourth-order valence-electron chi connectivity index (χ4n) is 1.70. The van der Waals surface area contributed by atoms with Gasteiger partial charge < -0.3 is 5.32 Å². The summed E-state index contributed by atoms with van der Waals surface area (Å²) in [5.41, 5.74) is 2.54. The number of carbonyl (C=O) groups excluding carboxylic acids is 2. The smallest absolute Gasteiger partial charge is 0.221 e. The number of carbonyl (C=O) groups is 2. The predicted octanol–water partition coefficient (Wildman–Crippen LogP) is 2.33. The second-order valence-corrected chi connectivity index (χ2v) is 3.92. The molecule has 0 heterocycles. The molecule has 0 spiro atoms. The molecule has 1 fully saturated rings. The van der Waals surface area contributed by atoms with E-state index >= 15 is 0 Å². The van der Waals surface area contributed by atoms with E-state index in [4.69, 9.17) is 0 Å². The molecule has 15 heavy (non-hydrogen) atoms. The number of hydrogen-bond donors (Lipinski definition) is 1. The summed E-state index contributed by atoms with van der Waals surface area (Å²) in [7, 11) is 0. The van der Waals surface area contributed by atoms with Crippen LogP contribution in [0.1, 0.15) is 41.6 Å². The minimum atomic E-state index is -0.0973. The normalized spacial score (nSPS) is 14.7. The van der Waals surface area contributed by atoms with Gasteiger partial charge in [-0.3, -0.25) is 9.59 Å². The highest BCUT2D eigenvalue weighted by Crippen LogP contribution is 2.43. The Balaban J connectivity index is 2.35. The molecule has 3 heteroatoms. The van der Waals surface area contributed by atoms with Crippen LogP contribution in [0.5, 0.6) is 0 Å². The Morgan fingerprint density at radius 2 is 2.20 bits per heavy atom. The van der Waals surface area contributed by atoms with Crippen molar-refractivity contribution in [2.45, 2.75) is 25.7 Å². The van der Waals surface area contributed by atoms with E-state index < -0.39 is 0 Å². The molecule has 0 atom stereocenters. The molecule has 0 bridgehead atoms. The van der Waals surface area contributed by atoms with E-state index in [0.717, 1.165) is 17.5 Å². The summed E-state index contributed by atoms with van der Waals surface area (Å²) >= 11 is 0. The molecule has 0 unspecified atom stereocenters. The van der Waals surface area contributed by atoms with Gasteiger partial charge in [0, 0.05) is 18.2 Å². The quantitative estimate of drug-likeness (QED) is 0.766. The molecule has 1 aromatic rings. The Bertz CT molecular complexity index is 408. The van der Waals surface area contributed by atoms with Gasteiger partial charge >= 0.3 is 0 Å². The van der Waals surface area contributed by atoms with Crippen molar-refractivity contribution in [3.8, 4) is 0 Å². The Kier molecular flexibility index (Phi) is 2.54. The van der Waals surface area contributed by atoms with Gasteiger partial charge in [-0.2, -0.15) is 0 Å². The molecule has 1 aliphatic carbocycles. The zero-order chi connectivity index (χ0) is 10.8. The van der Waals surface area contributed by atoms with Gasteiger partial charge in [0.25, 0.3) is 0 Å². The first-order valence-electron chi connectivity index (χ1n) is 5.07. The standard InChI is InChI=1S/C12H13NO2/c1-8(15)13-12-6-9(7-14)2-5-11(12)10-3-4-10/h2,5-7,10H,3-4H2,1H3,(H,13,15). The van der Waals surface area contributed by atoms with Gasteiger partial charge in [-0.25, -0.2) is 0 Å². The third-order valence-corrected chi connectivity index (χ3v) is 2.54. The van der Waals surface area contributed by atoms with Crippen molar-refractivity contribution in [3.63, 3.8) is 0 Å². The Hall–Kier alpha value is -1.64. The average Bonchev–Trinajstić information content (AvgIpc) is 3.00. The van der Waals surface area contributed by atoms with Crippen LogP contribution in [0.25, 0.3) is 0 Å². The van der Waals surface area contributed by atoms with Crippen LogP contribution in [-0.4, -0.2) is 12.2 Å². The van der Waals surface area contributed by atoms with Crippen molar-refractivity contribution in [2.24, 2.45) is 0 Å². The highest BCUT2D eigenvalue weighted by Gasteiger charge is 2.26. The molecule has 0 saturated heterocycles. The molecule has 1 saturated carbocycles. The van der Waals surface area contributed by atoms with Crippen molar-refractivity contribution in [1.29, 1.82) is 0 Å². The van der Waals surface area contributed by atoms with Crippen LogP contribution in [0.2, 0.25) is 0 Å². The van der Waals surface area contributed by atoms with Crippen LogP contribution in [0.15, 0.2) is 18.2 Å². The first-order valence-corrected chi connectivity index (χ1v) is 5.07. The molecule has 1 N–H and O–H groups in total. The highest BCUT2D eigenvalue weighted by molar-refractivity contribution is 5.91. The molecule has 78 valence electrons. The van der Waals surface area contributed by atoms with Crippen molar-refractivity contribution in [3.05, 3.63) is 29.3 Å². The number of nitrogens with one attached hydrogen (secondary N) is 1. The van der Waals surface area contributed by atoms with E-state index in [1.165, 1.54) is 19.8 Å². The lowest BCUT2D eigenvalue weighted by Crippen LogP contribution is -2.08. The topological polar surface area (TPSA) is 46.2 Å². The number of amides is 1. The van der Waals surface area contributed by atoms with Crippen LogP contribution in [0.4, 0.5) is 5.69 Å². The molecule has 1 amide bonds. The summed E-state index contributed by atoms with van der Waals surface area (Å²) in [5.74, 6) is 0.465. The second-order valence-electron chi connectivity index (χ2n) is 3.92. The van der Waals surface area contributed by atoms with Gasteiger partial charge in [0.05, 0.1) is 0 Å². The molecular formula is C12H13NO2. The highest BCUT2D eigenvalue weighted by atomic mass is 16.1. The lowest BCUT2D eigenvalue weighted by molar-refractivity contribution is -0.114. The fourth-order valence-corrected chi connectivity index (χ4v) is 1.70. The third-order valence-electron chi connectivity index (χ3n) is 2.54. The van der Waals surface area contributed by atoms with E-state index in [2.05, 4.69) is 5.32 Å². The van der Waals surface area contributed by atoms with Crippen molar-refractivity contribution >= 4 is 17.9 Å². The maximum absolute atomic E-state index is 11.0. The zero-order valence-electron chi connectivity index (χ0n) is 8.62. The number of benzene rings is 1. The van der Waals surface area contributed by atoms with Crippen molar-refractivity contribution in [1.82, 2.24) is 0 Å². The molecule has 2 rings (SSSR count). The first kappa shape index (κ1) is 9.90. The van der Waals surface area contributed by atoms with Crippen LogP contribution >= 0.6 is 0 Å². The van der Waals surface area contributed by atoms with Crippen molar-refractivity contribution < 1.29 is 9.59 Å². The second kappa shape index (κ2) is 3.85. The third kappa shape index (κ3) is 2.24. The van der Waals surface area contributed by atoms with E-state index in [-0.39, 0.29) is 5.91 Å². The molecular weight excluding hydrogens is 190 g/mol. The van der Waals surface area contributed by atoms with Crippen LogP contribution in [0.3, 0.4) is 0 Å². The molecule has 0 aliphatic heterocycles. The summed E-state index contributed by atoms with van der Waals surface area (Å²) in [6.07, 6.45) is 3.14. The summed E-state index contributed by atoms with van der Waals surface area (Å²) in [6, 6.07) is 5.47. The van der Waals surface area contributed by atoms with E-state index in [1.54, 1.807) is 12.1 Å². The zero-order valence-corrected chi connectivity index (χ0v) is 8.62. The summed E-state index contributed by atoms with van der Waals surface area (Å²) in [5, 5.41) is 2.77. The molecule has 1 aliphatic rings. The summed E-state index contributed by atoms with van der Waals surface area (Å²) in [6.45, 7) is 1.48. The lowest BCUT2D eigenvalue weighted by atomic mass is 10.1. The number of hydrogen-bond acceptors (Lipinski definition) is 2. The molecule has 0 aromatic heterocycles. The van der Waals surface area contributed by atoms with Crippen LogP contribution in [0, 0.1) is 0 Å². The first-order chi connectivity index (χ1) is 7.20. The summed E-state index contributed by atoms with van der Waals surface area (Å²) < 4.78 is 0. The number of aldehydes is 1. The number of anilines is 1. The van der Waals surface area contributed by atoms with Gasteiger partial charge in [-0.1, -0.05) is 12.1 Å². The molecule has 3 nitrogen and oxygen atoms in total. The van der Waals surface area contributed by atoms with E-state index in [1.807, 2.05) is 6.07 Å². The van der Waals surface area contributed by atoms with E-state index in [9.17, 15) is 9.59 Å². The van der Waals surface area contributed by atoms with E-state index in [0.29, 0.717) is 11.5 Å². The maximum Gasteiger partial charge on any atom is 0.221 e. The Labute approximate surface area is 88.5 Å². The monoisotopic (exact) mass is 203 g/mol. The fraction of sp³-hybridized carbons (Fsp3) is 0.333. The average molecular weight is 203 g/mol. The largest absolute Gasteiger partial charge is 0.326 e. The lowest BCUT2D eigenvalue weighted by Gasteiger charge is -2.09. The van der Waals surface area contributed by atoms with Crippen molar-refractivity contribution in [2.75, 3.05) is 5.32 Å². The van der Waals surface area contributed by atoms with Gasteiger partial charge in [0.15, 0.2) is 0 Å². The maximum atomic E-state index is 11.0. The van der Waals surface area contributed by atoms with Gasteiger partial charge in [-0.05, 0) is 30.4 Å². The van der Waals surface area contributed by atoms with Gasteiger partial charge in [0.1, 0.15) is 6.29 Å². The minimum Gasteiger partial charge on any atom is -0.326 e. The molecule has 1 aromatic carbocycles. The van der Waals surface area contributed by atoms with Crippen LogP contribution in [-0.2, 0) is 4.79 Å². The van der Waals surface area contributed by atoms with Gasteiger partial charge in [0.2, 0.25) is 5.91 Å². The molecule has 0 radical (unpaired) electrons. The minimum absolute atomic E-state index is 0.0973. The predicted molar refractivity (Wildman–Crippen MR) is 58.1 cm³/mol. The van der Waals surface area contributed by atoms with Crippen LogP contribution < -0.4 is 5.32 Å². The number of rotatable bonds is 3. The SMILES string of the molecule is CC(=O)Nc1cc(C=O)ccc1C1CC1. The summed E-state index contributed by atoms with van der Waals surface area (Å²) in [4.78, 5) is 21.6. The Morgan fingerprint density at radius 1 is 1.47 bits per heavy atom. The Morgan fingerprint density at radius 3 is 2.73 bits per heavy atom.